The molecule has 1 heterocycles. The molecule has 1 N–H and O–H groups in total. The van der Waals surface area contributed by atoms with Gasteiger partial charge in [0.15, 0.2) is 0 Å². The third-order valence-corrected chi connectivity index (χ3v) is 4.80. The van der Waals surface area contributed by atoms with E-state index in [9.17, 15) is 9.59 Å². The molecule has 122 valence electrons. The molecule has 1 amide bonds. The number of thiophene rings is 1. The fourth-order valence-corrected chi connectivity index (χ4v) is 3.21. The first-order valence-electron chi connectivity index (χ1n) is 7.29. The number of esters is 1. The van der Waals surface area contributed by atoms with Crippen LogP contribution in [0.5, 0.6) is 0 Å². The predicted molar refractivity (Wildman–Crippen MR) is 94.8 cm³/mol. The maximum absolute atomic E-state index is 11.7. The lowest BCUT2D eigenvalue weighted by Gasteiger charge is -2.06. The van der Waals surface area contributed by atoms with Crippen LogP contribution in [-0.4, -0.2) is 25.0 Å². The minimum absolute atomic E-state index is 0.0412. The van der Waals surface area contributed by atoms with Crippen LogP contribution in [0.15, 0.2) is 40.2 Å². The van der Waals surface area contributed by atoms with E-state index < -0.39 is 0 Å². The minimum atomic E-state index is -0.366. The van der Waals surface area contributed by atoms with Crippen molar-refractivity contribution in [2.45, 2.75) is 19.8 Å². The van der Waals surface area contributed by atoms with E-state index in [1.54, 1.807) is 12.1 Å². The van der Waals surface area contributed by atoms with Gasteiger partial charge in [-0.05, 0) is 47.0 Å². The number of halogens is 1. The van der Waals surface area contributed by atoms with Gasteiger partial charge in [0.1, 0.15) is 11.5 Å². The number of carbonyl (C=O) groups is 2. The molecule has 0 aliphatic heterocycles. The van der Waals surface area contributed by atoms with Crippen molar-refractivity contribution in [3.8, 4) is 0 Å². The second-order valence-electron chi connectivity index (χ2n) is 5.08. The summed E-state index contributed by atoms with van der Waals surface area (Å²) < 4.78 is 5.99. The summed E-state index contributed by atoms with van der Waals surface area (Å²) in [5, 5.41) is 2.75. The molecule has 23 heavy (non-hydrogen) atoms. The number of nitrogens with one attached hydrogen (secondary N) is 1. The summed E-state index contributed by atoms with van der Waals surface area (Å²) in [4.78, 5) is 24.0. The van der Waals surface area contributed by atoms with E-state index in [0.717, 1.165) is 9.35 Å². The summed E-state index contributed by atoms with van der Waals surface area (Å²) in [6.07, 6.45) is 1.13. The molecule has 0 aliphatic rings. The molecule has 1 aromatic heterocycles. The maximum atomic E-state index is 11.7. The van der Waals surface area contributed by atoms with Crippen molar-refractivity contribution in [3.63, 3.8) is 0 Å². The van der Waals surface area contributed by atoms with Crippen molar-refractivity contribution < 1.29 is 14.3 Å². The third kappa shape index (κ3) is 6.15. The van der Waals surface area contributed by atoms with Crippen molar-refractivity contribution in [1.29, 1.82) is 0 Å². The fourth-order valence-electron chi connectivity index (χ4n) is 1.93. The van der Waals surface area contributed by atoms with Gasteiger partial charge < -0.3 is 10.1 Å². The van der Waals surface area contributed by atoms with Crippen molar-refractivity contribution in [2.24, 2.45) is 0 Å². The molecule has 0 fully saturated rings. The Labute approximate surface area is 148 Å². The summed E-state index contributed by atoms with van der Waals surface area (Å²) in [7, 11) is 0. The first-order valence-corrected chi connectivity index (χ1v) is 8.90. The fraction of sp³-hybridized carbons (Fsp3) is 0.294. The molecule has 0 unspecified atom stereocenters. The molecular weight excluding hydrogens is 378 g/mol. The largest absolute Gasteiger partial charge is 0.460 e. The maximum Gasteiger partial charge on any atom is 0.348 e. The summed E-state index contributed by atoms with van der Waals surface area (Å²) in [5.74, 6) is -0.407. The van der Waals surface area contributed by atoms with Crippen LogP contribution < -0.4 is 5.32 Å². The van der Waals surface area contributed by atoms with Gasteiger partial charge in [0.25, 0.3) is 0 Å². The van der Waals surface area contributed by atoms with Crippen molar-refractivity contribution in [3.05, 3.63) is 56.2 Å². The lowest BCUT2D eigenvalue weighted by atomic mass is 10.1. The van der Waals surface area contributed by atoms with Crippen LogP contribution in [0.3, 0.4) is 0 Å². The van der Waals surface area contributed by atoms with Gasteiger partial charge in [-0.25, -0.2) is 4.79 Å². The van der Waals surface area contributed by atoms with Crippen LogP contribution in [0.4, 0.5) is 0 Å². The number of hydrogen-bond donors (Lipinski definition) is 1. The Morgan fingerprint density at radius 2 is 1.91 bits per heavy atom. The average Bonchev–Trinajstić information content (AvgIpc) is 2.97. The number of amides is 1. The Morgan fingerprint density at radius 1 is 1.17 bits per heavy atom. The van der Waals surface area contributed by atoms with Crippen LogP contribution in [0.1, 0.15) is 27.2 Å². The van der Waals surface area contributed by atoms with Gasteiger partial charge in [-0.2, -0.15) is 0 Å². The molecule has 2 rings (SSSR count). The highest BCUT2D eigenvalue weighted by Crippen LogP contribution is 2.22. The van der Waals surface area contributed by atoms with Gasteiger partial charge in [0.2, 0.25) is 5.91 Å². The second-order valence-corrected chi connectivity index (χ2v) is 7.54. The zero-order valence-electron chi connectivity index (χ0n) is 12.8. The molecule has 6 heteroatoms. The Hall–Kier alpha value is -1.66. The topological polar surface area (TPSA) is 55.4 Å². The van der Waals surface area contributed by atoms with Gasteiger partial charge in [0.05, 0.1) is 10.3 Å². The number of rotatable bonds is 7. The van der Waals surface area contributed by atoms with E-state index in [4.69, 9.17) is 4.74 Å². The lowest BCUT2D eigenvalue weighted by Crippen LogP contribution is -2.28. The number of carbonyl (C=O) groups excluding carboxylic acids is 2. The van der Waals surface area contributed by atoms with Gasteiger partial charge >= 0.3 is 5.97 Å². The molecule has 0 saturated carbocycles. The Morgan fingerprint density at radius 3 is 2.57 bits per heavy atom. The van der Waals surface area contributed by atoms with Crippen LogP contribution in [0.2, 0.25) is 0 Å². The summed E-state index contributed by atoms with van der Waals surface area (Å²) in [6.45, 7) is 2.53. The monoisotopic (exact) mass is 395 g/mol. The summed E-state index contributed by atoms with van der Waals surface area (Å²) >= 11 is 4.62. The highest BCUT2D eigenvalue weighted by atomic mass is 79.9. The molecule has 0 saturated heterocycles. The van der Waals surface area contributed by atoms with Gasteiger partial charge in [-0.3, -0.25) is 4.79 Å². The molecule has 1 aromatic carbocycles. The van der Waals surface area contributed by atoms with Gasteiger partial charge in [-0.15, -0.1) is 11.3 Å². The van der Waals surface area contributed by atoms with Crippen LogP contribution in [0.25, 0.3) is 0 Å². The second kappa shape index (κ2) is 8.84. The Kier molecular flexibility index (Phi) is 6.80. The molecule has 2 aromatic rings. The number of hydrogen-bond acceptors (Lipinski definition) is 4. The number of benzene rings is 1. The molecule has 4 nitrogen and oxygen atoms in total. The van der Waals surface area contributed by atoms with E-state index in [1.807, 2.05) is 31.2 Å². The van der Waals surface area contributed by atoms with Crippen molar-refractivity contribution >= 4 is 39.1 Å². The zero-order chi connectivity index (χ0) is 16.7. The van der Waals surface area contributed by atoms with Gasteiger partial charge in [-0.1, -0.05) is 29.8 Å². The zero-order valence-corrected chi connectivity index (χ0v) is 15.2. The SMILES string of the molecule is Cc1ccc(CCC(=O)NCCOC(=O)c2ccc(Br)s2)cc1. The van der Waals surface area contributed by atoms with Gasteiger partial charge in [0, 0.05) is 6.42 Å². The van der Waals surface area contributed by atoms with E-state index in [2.05, 4.69) is 21.2 Å². The van der Waals surface area contributed by atoms with E-state index in [0.29, 0.717) is 24.3 Å². The smallest absolute Gasteiger partial charge is 0.348 e. The number of aryl methyl sites for hydroxylation is 2. The molecule has 0 atom stereocenters. The Balaban J connectivity index is 1.61. The number of ether oxygens (including phenoxy) is 1. The molecule has 0 spiro atoms. The normalized spacial score (nSPS) is 10.3. The highest BCUT2D eigenvalue weighted by molar-refractivity contribution is 9.11. The molecule has 0 radical (unpaired) electrons. The summed E-state index contributed by atoms with van der Waals surface area (Å²) in [6, 6.07) is 11.6. The Bertz CT molecular complexity index is 667. The average molecular weight is 396 g/mol. The first-order chi connectivity index (χ1) is 11.0. The van der Waals surface area contributed by atoms with Crippen LogP contribution >= 0.6 is 27.3 Å². The van der Waals surface area contributed by atoms with Crippen molar-refractivity contribution in [2.75, 3.05) is 13.2 Å². The quantitative estimate of drug-likeness (QED) is 0.573. The van der Waals surface area contributed by atoms with E-state index in [-0.39, 0.29) is 18.5 Å². The molecular formula is C17H18BrNO3S. The molecule has 0 bridgehead atoms. The van der Waals surface area contributed by atoms with E-state index >= 15 is 0 Å². The summed E-state index contributed by atoms with van der Waals surface area (Å²) in [5.41, 5.74) is 2.35. The highest BCUT2D eigenvalue weighted by Gasteiger charge is 2.09. The van der Waals surface area contributed by atoms with Crippen molar-refractivity contribution in [1.82, 2.24) is 5.32 Å². The standard InChI is InChI=1S/C17H18BrNO3S/c1-12-2-4-13(5-3-12)6-9-16(20)19-10-11-22-17(21)14-7-8-15(18)23-14/h2-5,7-8H,6,9-11H2,1H3,(H,19,20). The molecule has 0 aliphatic carbocycles. The predicted octanol–water partition coefficient (Wildman–Crippen LogP) is 3.72. The van der Waals surface area contributed by atoms with E-state index in [1.165, 1.54) is 16.9 Å². The van der Waals surface area contributed by atoms with Crippen LogP contribution in [-0.2, 0) is 16.0 Å². The third-order valence-electron chi connectivity index (χ3n) is 3.19. The first kappa shape index (κ1) is 17.7. The van der Waals surface area contributed by atoms with Crippen LogP contribution in [0, 0.1) is 6.92 Å². The minimum Gasteiger partial charge on any atom is -0.460 e. The lowest BCUT2D eigenvalue weighted by molar-refractivity contribution is -0.121.